The lowest BCUT2D eigenvalue weighted by molar-refractivity contribution is 0.0787. The molecule has 7 heteroatoms. The lowest BCUT2D eigenvalue weighted by atomic mass is 9.88. The zero-order chi connectivity index (χ0) is 27.8. The molecule has 1 saturated heterocycles. The Bertz CT molecular complexity index is 1540. The van der Waals surface area contributed by atoms with E-state index in [2.05, 4.69) is 47.6 Å². The monoisotopic (exact) mass is 573 g/mol. The molecule has 3 aromatic carbocycles. The Morgan fingerprint density at radius 3 is 2.58 bits per heavy atom. The van der Waals surface area contributed by atoms with Crippen molar-refractivity contribution in [3.05, 3.63) is 117 Å². The topological polar surface area (TPSA) is 45.2 Å². The van der Waals surface area contributed by atoms with Gasteiger partial charge in [0, 0.05) is 52.5 Å². The van der Waals surface area contributed by atoms with Crippen molar-refractivity contribution >= 4 is 34.9 Å². The van der Waals surface area contributed by atoms with Gasteiger partial charge in [0.2, 0.25) is 0 Å². The fourth-order valence-corrected chi connectivity index (χ4v) is 6.75. The van der Waals surface area contributed by atoms with E-state index in [0.29, 0.717) is 22.1 Å². The van der Waals surface area contributed by atoms with E-state index in [4.69, 9.17) is 23.2 Å². The molecule has 0 spiro atoms. The van der Waals surface area contributed by atoms with E-state index in [9.17, 15) is 9.18 Å². The Kier molecular flexibility index (Phi) is 7.52. The third-order valence-electron chi connectivity index (χ3n) is 8.25. The molecule has 1 N–H and O–H groups in total. The van der Waals surface area contributed by atoms with Gasteiger partial charge in [0.05, 0.1) is 11.1 Å². The van der Waals surface area contributed by atoms with Crippen LogP contribution in [-0.2, 0) is 6.42 Å². The fourth-order valence-electron chi connectivity index (χ4n) is 6.15. The Hall–Kier alpha value is -3.41. The van der Waals surface area contributed by atoms with Crippen molar-refractivity contribution in [1.82, 2.24) is 9.88 Å². The summed E-state index contributed by atoms with van der Waals surface area (Å²) in [7, 11) is 0. The van der Waals surface area contributed by atoms with Crippen LogP contribution in [0.1, 0.15) is 58.8 Å². The standard InChI is InChI=1S/C33H30Cl2FN3O/c1-2-25-26-17-24(18-37-32(26)38-31(25)29-27(34)12-13-28(36)30(29)35)22-8-10-23(11-9-22)33(40)39-15-14-21(19-39)16-20-6-4-3-5-7-20/h3-13,17-18,21,25,31H,2,14-16,19H2,1H3,(H,37,38). The van der Waals surface area contributed by atoms with Crippen LogP contribution >= 0.6 is 23.2 Å². The number of rotatable bonds is 6. The van der Waals surface area contributed by atoms with Gasteiger partial charge in [-0.05, 0) is 66.6 Å². The molecule has 3 unspecified atom stereocenters. The zero-order valence-electron chi connectivity index (χ0n) is 22.2. The second-order valence-electron chi connectivity index (χ2n) is 10.7. The molecule has 0 radical (unpaired) electrons. The summed E-state index contributed by atoms with van der Waals surface area (Å²) < 4.78 is 14.3. The highest BCUT2D eigenvalue weighted by atomic mass is 35.5. The van der Waals surface area contributed by atoms with Gasteiger partial charge in [-0.1, -0.05) is 72.6 Å². The number of pyridine rings is 1. The lowest BCUT2D eigenvalue weighted by Crippen LogP contribution is -2.28. The van der Waals surface area contributed by atoms with E-state index in [1.54, 1.807) is 6.07 Å². The van der Waals surface area contributed by atoms with Gasteiger partial charge >= 0.3 is 0 Å². The van der Waals surface area contributed by atoms with E-state index in [-0.39, 0.29) is 22.9 Å². The van der Waals surface area contributed by atoms with Crippen LogP contribution in [0.5, 0.6) is 0 Å². The molecule has 0 bridgehead atoms. The number of benzene rings is 3. The Morgan fingerprint density at radius 2 is 1.82 bits per heavy atom. The number of anilines is 1. The highest BCUT2D eigenvalue weighted by molar-refractivity contribution is 6.36. The number of aromatic nitrogens is 1. The van der Waals surface area contributed by atoms with E-state index < -0.39 is 5.82 Å². The average Bonchev–Trinajstić information content (AvgIpc) is 3.59. The summed E-state index contributed by atoms with van der Waals surface area (Å²) >= 11 is 12.8. The highest BCUT2D eigenvalue weighted by Gasteiger charge is 2.36. The van der Waals surface area contributed by atoms with Gasteiger partial charge in [0.15, 0.2) is 0 Å². The number of nitrogens with zero attached hydrogens (tertiary/aromatic N) is 2. The number of hydrogen-bond donors (Lipinski definition) is 1. The molecule has 40 heavy (non-hydrogen) atoms. The van der Waals surface area contributed by atoms with E-state index >= 15 is 0 Å². The van der Waals surface area contributed by atoms with Crippen molar-refractivity contribution < 1.29 is 9.18 Å². The summed E-state index contributed by atoms with van der Waals surface area (Å²) in [6.45, 7) is 3.67. The van der Waals surface area contributed by atoms with Crippen molar-refractivity contribution in [2.45, 2.75) is 38.1 Å². The third kappa shape index (κ3) is 5.09. The first-order chi connectivity index (χ1) is 19.4. The number of halogens is 3. The molecular weight excluding hydrogens is 544 g/mol. The van der Waals surface area contributed by atoms with Gasteiger partial charge in [-0.15, -0.1) is 0 Å². The number of nitrogens with one attached hydrogen (secondary N) is 1. The Morgan fingerprint density at radius 1 is 1.05 bits per heavy atom. The highest BCUT2D eigenvalue weighted by Crippen LogP contribution is 2.49. The molecule has 3 heterocycles. The molecule has 1 aromatic heterocycles. The van der Waals surface area contributed by atoms with Crippen LogP contribution in [0.15, 0.2) is 79.0 Å². The molecule has 0 aliphatic carbocycles. The van der Waals surface area contributed by atoms with Gasteiger partial charge in [0.1, 0.15) is 11.6 Å². The predicted molar refractivity (Wildman–Crippen MR) is 160 cm³/mol. The Balaban J connectivity index is 1.18. The molecule has 0 saturated carbocycles. The molecule has 1 amide bonds. The van der Waals surface area contributed by atoms with Gasteiger partial charge in [-0.25, -0.2) is 9.37 Å². The van der Waals surface area contributed by atoms with Crippen LogP contribution in [0.4, 0.5) is 10.2 Å². The minimum Gasteiger partial charge on any atom is -0.362 e. The lowest BCUT2D eigenvalue weighted by Gasteiger charge is -2.22. The summed E-state index contributed by atoms with van der Waals surface area (Å²) in [5, 5.41) is 3.89. The van der Waals surface area contributed by atoms with Crippen LogP contribution in [0, 0.1) is 11.7 Å². The first-order valence-electron chi connectivity index (χ1n) is 13.8. The van der Waals surface area contributed by atoms with Gasteiger partial charge in [-0.3, -0.25) is 4.79 Å². The first kappa shape index (κ1) is 26.8. The minimum absolute atomic E-state index is 0.0269. The van der Waals surface area contributed by atoms with Gasteiger partial charge in [-0.2, -0.15) is 0 Å². The summed E-state index contributed by atoms with van der Waals surface area (Å²) in [5.41, 5.74) is 5.56. The van der Waals surface area contributed by atoms with Crippen LogP contribution in [0.25, 0.3) is 11.1 Å². The second kappa shape index (κ2) is 11.2. The van der Waals surface area contributed by atoms with E-state index in [1.165, 1.54) is 11.6 Å². The average molecular weight is 575 g/mol. The molecule has 3 atom stereocenters. The molecule has 1 fully saturated rings. The van der Waals surface area contributed by atoms with Crippen molar-refractivity contribution in [1.29, 1.82) is 0 Å². The summed E-state index contributed by atoms with van der Waals surface area (Å²) in [6.07, 6.45) is 4.65. The molecule has 6 rings (SSSR count). The van der Waals surface area contributed by atoms with Gasteiger partial charge in [0.25, 0.3) is 5.91 Å². The Labute approximate surface area is 244 Å². The predicted octanol–water partition coefficient (Wildman–Crippen LogP) is 8.56. The van der Waals surface area contributed by atoms with E-state index in [0.717, 1.165) is 54.9 Å². The quantitative estimate of drug-likeness (QED) is 0.235. The summed E-state index contributed by atoms with van der Waals surface area (Å²) in [6, 6.07) is 22.9. The molecule has 4 aromatic rings. The molecule has 2 aliphatic heterocycles. The number of fused-ring (bicyclic) bond motifs is 1. The zero-order valence-corrected chi connectivity index (χ0v) is 23.7. The number of carbonyl (C=O) groups excluding carboxylic acids is 1. The van der Waals surface area contributed by atoms with Crippen molar-refractivity contribution in [2.24, 2.45) is 5.92 Å². The largest absolute Gasteiger partial charge is 0.362 e. The molecule has 2 aliphatic rings. The molecular formula is C33H30Cl2FN3O. The van der Waals surface area contributed by atoms with Crippen LogP contribution in [0.2, 0.25) is 10.0 Å². The van der Waals surface area contributed by atoms with Crippen LogP contribution in [-0.4, -0.2) is 28.9 Å². The smallest absolute Gasteiger partial charge is 0.253 e. The summed E-state index contributed by atoms with van der Waals surface area (Å²) in [5.74, 6) is 0.861. The summed E-state index contributed by atoms with van der Waals surface area (Å²) in [4.78, 5) is 19.9. The van der Waals surface area contributed by atoms with Crippen molar-refractivity contribution in [3.8, 4) is 11.1 Å². The van der Waals surface area contributed by atoms with Crippen molar-refractivity contribution in [3.63, 3.8) is 0 Å². The SMILES string of the molecule is CCC1c2cc(-c3ccc(C(=O)N4CCC(Cc5ccccc5)C4)cc3)cnc2NC1c1c(Cl)ccc(F)c1Cl. The molecule has 204 valence electrons. The number of amides is 1. The van der Waals surface area contributed by atoms with E-state index in [1.807, 2.05) is 41.4 Å². The minimum atomic E-state index is -0.488. The maximum Gasteiger partial charge on any atom is 0.253 e. The van der Waals surface area contributed by atoms with Gasteiger partial charge < -0.3 is 10.2 Å². The second-order valence-corrected chi connectivity index (χ2v) is 11.5. The van der Waals surface area contributed by atoms with Crippen LogP contribution < -0.4 is 5.32 Å². The third-order valence-corrected chi connectivity index (χ3v) is 8.96. The number of hydrogen-bond acceptors (Lipinski definition) is 3. The molecule has 4 nitrogen and oxygen atoms in total. The number of likely N-dealkylation sites (tertiary alicyclic amines) is 1. The fraction of sp³-hybridized carbons (Fsp3) is 0.273. The normalized spacial score (nSPS) is 19.9. The maximum absolute atomic E-state index is 14.3. The van der Waals surface area contributed by atoms with Crippen LogP contribution in [0.3, 0.4) is 0 Å². The maximum atomic E-state index is 14.3. The van der Waals surface area contributed by atoms with Crippen molar-refractivity contribution in [2.75, 3.05) is 18.4 Å². The first-order valence-corrected chi connectivity index (χ1v) is 14.5. The number of carbonyl (C=O) groups is 1.